The minimum atomic E-state index is -0.218. The predicted molar refractivity (Wildman–Crippen MR) is 71.1 cm³/mol. The first-order valence-corrected chi connectivity index (χ1v) is 6.13. The maximum Gasteiger partial charge on any atom is 0.125 e. The van der Waals surface area contributed by atoms with E-state index in [9.17, 15) is 4.39 Å². The van der Waals surface area contributed by atoms with Crippen molar-refractivity contribution in [2.45, 2.75) is 33.9 Å². The van der Waals surface area contributed by atoms with Gasteiger partial charge in [0.05, 0.1) is 5.69 Å². The lowest BCUT2D eigenvalue weighted by Gasteiger charge is -2.08. The average Bonchev–Trinajstić information content (AvgIpc) is 2.71. The Morgan fingerprint density at radius 1 is 1.33 bits per heavy atom. The van der Waals surface area contributed by atoms with E-state index in [1.807, 2.05) is 24.7 Å². The van der Waals surface area contributed by atoms with Crippen molar-refractivity contribution in [3.05, 3.63) is 47.0 Å². The maximum absolute atomic E-state index is 13.2. The molecule has 0 bridgehead atoms. The van der Waals surface area contributed by atoms with Crippen molar-refractivity contribution in [1.29, 1.82) is 0 Å². The third kappa shape index (κ3) is 2.70. The van der Waals surface area contributed by atoms with Gasteiger partial charge in [0.25, 0.3) is 0 Å². The summed E-state index contributed by atoms with van der Waals surface area (Å²) in [7, 11) is 0. The molecule has 0 fully saturated rings. The van der Waals surface area contributed by atoms with Crippen LogP contribution in [0.4, 0.5) is 10.1 Å². The molecule has 0 amide bonds. The van der Waals surface area contributed by atoms with Gasteiger partial charge < -0.3 is 5.32 Å². The maximum atomic E-state index is 13.2. The monoisotopic (exact) mass is 247 g/mol. The molecule has 0 spiro atoms. The predicted octanol–water partition coefficient (Wildman–Crippen LogP) is 3.27. The Kier molecular flexibility index (Phi) is 3.65. The highest BCUT2D eigenvalue weighted by molar-refractivity contribution is 5.51. The van der Waals surface area contributed by atoms with Gasteiger partial charge in [-0.3, -0.25) is 4.68 Å². The van der Waals surface area contributed by atoms with Gasteiger partial charge in [-0.15, -0.1) is 0 Å². The summed E-state index contributed by atoms with van der Waals surface area (Å²) in [4.78, 5) is 0. The number of anilines is 1. The minimum Gasteiger partial charge on any atom is -0.381 e. The standard InChI is InChI=1S/C14H18FN3/c1-4-18-9-12(11(3)17-18)8-16-14-7-13(15)6-5-10(14)2/h5-7,9,16H,4,8H2,1-3H3. The number of hydrogen-bond acceptors (Lipinski definition) is 2. The van der Waals surface area contributed by atoms with E-state index in [-0.39, 0.29) is 5.82 Å². The molecule has 0 aliphatic rings. The normalized spacial score (nSPS) is 10.7. The first-order valence-electron chi connectivity index (χ1n) is 6.13. The van der Waals surface area contributed by atoms with Gasteiger partial charge in [-0.2, -0.15) is 5.10 Å². The van der Waals surface area contributed by atoms with E-state index in [2.05, 4.69) is 17.3 Å². The van der Waals surface area contributed by atoms with Gasteiger partial charge in [0.15, 0.2) is 0 Å². The number of aromatic nitrogens is 2. The molecule has 2 rings (SSSR count). The average molecular weight is 247 g/mol. The van der Waals surface area contributed by atoms with Crippen LogP contribution in [0.25, 0.3) is 0 Å². The molecular formula is C14H18FN3. The fraction of sp³-hybridized carbons (Fsp3) is 0.357. The summed E-state index contributed by atoms with van der Waals surface area (Å²) in [5, 5.41) is 7.64. The van der Waals surface area contributed by atoms with Crippen LogP contribution in [0.1, 0.15) is 23.7 Å². The van der Waals surface area contributed by atoms with E-state index in [1.165, 1.54) is 12.1 Å². The van der Waals surface area contributed by atoms with Crippen molar-refractivity contribution in [3.63, 3.8) is 0 Å². The molecular weight excluding hydrogens is 229 g/mol. The molecule has 1 N–H and O–H groups in total. The van der Waals surface area contributed by atoms with Gasteiger partial charge in [0.1, 0.15) is 5.82 Å². The third-order valence-electron chi connectivity index (χ3n) is 3.04. The van der Waals surface area contributed by atoms with Crippen LogP contribution in [0.3, 0.4) is 0 Å². The number of benzene rings is 1. The summed E-state index contributed by atoms with van der Waals surface area (Å²) in [6.07, 6.45) is 2.02. The number of nitrogens with zero attached hydrogens (tertiary/aromatic N) is 2. The van der Waals surface area contributed by atoms with E-state index in [0.29, 0.717) is 6.54 Å². The first-order chi connectivity index (χ1) is 8.60. The molecule has 0 aliphatic heterocycles. The van der Waals surface area contributed by atoms with Gasteiger partial charge in [-0.05, 0) is 38.5 Å². The number of hydrogen-bond donors (Lipinski definition) is 1. The minimum absolute atomic E-state index is 0.218. The van der Waals surface area contributed by atoms with Crippen LogP contribution in [-0.4, -0.2) is 9.78 Å². The molecule has 1 heterocycles. The van der Waals surface area contributed by atoms with E-state index in [4.69, 9.17) is 0 Å². The Morgan fingerprint density at radius 2 is 2.11 bits per heavy atom. The van der Waals surface area contributed by atoms with Crippen molar-refractivity contribution >= 4 is 5.69 Å². The van der Waals surface area contributed by atoms with E-state index >= 15 is 0 Å². The van der Waals surface area contributed by atoms with E-state index in [0.717, 1.165) is 29.1 Å². The zero-order valence-electron chi connectivity index (χ0n) is 11.0. The molecule has 3 nitrogen and oxygen atoms in total. The van der Waals surface area contributed by atoms with Crippen molar-refractivity contribution in [1.82, 2.24) is 9.78 Å². The number of rotatable bonds is 4. The Hall–Kier alpha value is -1.84. The van der Waals surface area contributed by atoms with Crippen molar-refractivity contribution in [2.75, 3.05) is 5.32 Å². The Balaban J connectivity index is 2.11. The molecule has 18 heavy (non-hydrogen) atoms. The molecule has 4 heteroatoms. The largest absolute Gasteiger partial charge is 0.381 e. The van der Waals surface area contributed by atoms with Gasteiger partial charge >= 0.3 is 0 Å². The van der Waals surface area contributed by atoms with Crippen LogP contribution >= 0.6 is 0 Å². The molecule has 0 atom stereocenters. The quantitative estimate of drug-likeness (QED) is 0.898. The first kappa shape index (κ1) is 12.6. The topological polar surface area (TPSA) is 29.9 Å². The highest BCUT2D eigenvalue weighted by atomic mass is 19.1. The van der Waals surface area contributed by atoms with Crippen LogP contribution in [0.2, 0.25) is 0 Å². The Morgan fingerprint density at radius 3 is 2.78 bits per heavy atom. The summed E-state index contributed by atoms with van der Waals surface area (Å²) in [6.45, 7) is 7.53. The van der Waals surface area contributed by atoms with Crippen molar-refractivity contribution in [3.8, 4) is 0 Å². The highest BCUT2D eigenvalue weighted by Gasteiger charge is 2.05. The number of nitrogens with one attached hydrogen (secondary N) is 1. The lowest BCUT2D eigenvalue weighted by molar-refractivity contribution is 0.628. The number of halogens is 1. The van der Waals surface area contributed by atoms with Crippen LogP contribution in [0, 0.1) is 19.7 Å². The second-order valence-corrected chi connectivity index (χ2v) is 4.41. The summed E-state index contributed by atoms with van der Waals surface area (Å²) in [5.41, 5.74) is 4.02. The zero-order valence-corrected chi connectivity index (χ0v) is 11.0. The molecule has 0 saturated carbocycles. The molecule has 0 saturated heterocycles. The lowest BCUT2D eigenvalue weighted by Crippen LogP contribution is -2.02. The molecule has 96 valence electrons. The summed E-state index contributed by atoms with van der Waals surface area (Å²) in [6, 6.07) is 4.77. The molecule has 1 aromatic carbocycles. The van der Waals surface area contributed by atoms with Crippen LogP contribution in [0.15, 0.2) is 24.4 Å². The molecule has 0 unspecified atom stereocenters. The molecule has 0 radical (unpaired) electrons. The highest BCUT2D eigenvalue weighted by Crippen LogP contribution is 2.17. The summed E-state index contributed by atoms with van der Waals surface area (Å²) >= 11 is 0. The van der Waals surface area contributed by atoms with E-state index in [1.54, 1.807) is 6.07 Å². The van der Waals surface area contributed by atoms with Crippen molar-refractivity contribution < 1.29 is 4.39 Å². The Bertz CT molecular complexity index is 546. The zero-order chi connectivity index (χ0) is 13.1. The molecule has 0 aliphatic carbocycles. The van der Waals surface area contributed by atoms with Gasteiger partial charge in [0.2, 0.25) is 0 Å². The fourth-order valence-electron chi connectivity index (χ4n) is 1.87. The summed E-state index contributed by atoms with van der Waals surface area (Å²) in [5.74, 6) is -0.218. The van der Waals surface area contributed by atoms with Gasteiger partial charge in [-0.25, -0.2) is 4.39 Å². The van der Waals surface area contributed by atoms with E-state index < -0.39 is 0 Å². The second-order valence-electron chi connectivity index (χ2n) is 4.41. The third-order valence-corrected chi connectivity index (χ3v) is 3.04. The van der Waals surface area contributed by atoms with Crippen LogP contribution in [0.5, 0.6) is 0 Å². The number of aryl methyl sites for hydroxylation is 3. The van der Waals surface area contributed by atoms with Crippen LogP contribution in [-0.2, 0) is 13.1 Å². The summed E-state index contributed by atoms with van der Waals surface area (Å²) < 4.78 is 15.1. The fourth-order valence-corrected chi connectivity index (χ4v) is 1.87. The van der Waals surface area contributed by atoms with Crippen molar-refractivity contribution in [2.24, 2.45) is 0 Å². The van der Waals surface area contributed by atoms with Crippen LogP contribution < -0.4 is 5.32 Å². The van der Waals surface area contributed by atoms with Gasteiger partial charge in [-0.1, -0.05) is 6.07 Å². The molecule has 1 aromatic heterocycles. The molecule has 2 aromatic rings. The Labute approximate surface area is 107 Å². The second kappa shape index (κ2) is 5.21. The lowest BCUT2D eigenvalue weighted by atomic mass is 10.2. The SMILES string of the molecule is CCn1cc(CNc2cc(F)ccc2C)c(C)n1. The smallest absolute Gasteiger partial charge is 0.125 e. The van der Waals surface area contributed by atoms with Gasteiger partial charge in [0, 0.05) is 30.5 Å².